The molecule has 0 rings (SSSR count). The van der Waals surface area contributed by atoms with Crippen LogP contribution in [0.5, 0.6) is 0 Å². The van der Waals surface area contributed by atoms with E-state index in [1.54, 1.807) is 0 Å². The lowest BCUT2D eigenvalue weighted by Crippen LogP contribution is -1.70. The number of hydrogen-bond acceptors (Lipinski definition) is 1. The van der Waals surface area contributed by atoms with Gasteiger partial charge in [-0.3, -0.25) is 4.21 Å². The molecule has 0 fully saturated rings. The van der Waals surface area contributed by atoms with Gasteiger partial charge >= 0.3 is 0 Å². The molecule has 0 aliphatic rings. The molecule has 0 aromatic carbocycles. The zero-order valence-electron chi connectivity index (χ0n) is 4.82. The van der Waals surface area contributed by atoms with Gasteiger partial charge in [-0.15, -0.1) is 10.6 Å². The van der Waals surface area contributed by atoms with Crippen molar-refractivity contribution in [3.63, 3.8) is 0 Å². The van der Waals surface area contributed by atoms with Crippen LogP contribution in [0.4, 0.5) is 0 Å². The Morgan fingerprint density at radius 1 is 2.00 bits per heavy atom. The fraction of sp³-hybridized carbons (Fsp3) is 1.00. The van der Waals surface area contributed by atoms with E-state index in [1.165, 1.54) is 0 Å². The first-order valence-electron chi connectivity index (χ1n) is 1.80. The third-order valence-electron chi connectivity index (χ3n) is 0. The van der Waals surface area contributed by atoms with Gasteiger partial charge in [0, 0.05) is 0 Å². The minimum absolute atomic E-state index is 1.09. The Morgan fingerprint density at radius 2 is 2.00 bits per heavy atom. The summed E-state index contributed by atoms with van der Waals surface area (Å²) < 4.78 is 23.1. The SMILES string of the molecule is [2H]S([2H])(C)(C)=O. The molecule has 0 N–H and O–H groups in total. The van der Waals surface area contributed by atoms with Crippen LogP contribution < -0.4 is 0 Å². The van der Waals surface area contributed by atoms with Crippen LogP contribution in [0.25, 0.3) is 0 Å². The number of hydrogen-bond donors (Lipinski definition) is 0. The van der Waals surface area contributed by atoms with E-state index in [-0.39, 0.29) is 0 Å². The third kappa shape index (κ3) is 126. The van der Waals surface area contributed by atoms with E-state index in [0.717, 1.165) is 12.5 Å². The van der Waals surface area contributed by atoms with Crippen molar-refractivity contribution in [3.05, 3.63) is 0 Å². The Bertz CT molecular complexity index is 89.2. The molecular formula is C2H8OS. The maximum absolute atomic E-state index is 10.1. The van der Waals surface area contributed by atoms with Crippen LogP contribution in [0, 0.1) is 0 Å². The van der Waals surface area contributed by atoms with Crippen LogP contribution in [0.2, 0.25) is 0 Å². The molecule has 0 radical (unpaired) electrons. The van der Waals surface area contributed by atoms with Crippen molar-refractivity contribution in [1.29, 1.82) is 2.25 Å². The van der Waals surface area contributed by atoms with Gasteiger partial charge in [0.1, 0.15) is 2.25 Å². The van der Waals surface area contributed by atoms with Crippen molar-refractivity contribution in [2.75, 3.05) is 12.5 Å². The fourth-order valence-corrected chi connectivity index (χ4v) is 0. The Morgan fingerprint density at radius 3 is 2.00 bits per heavy atom. The van der Waals surface area contributed by atoms with Gasteiger partial charge in [0.25, 0.3) is 0 Å². The smallest absolute Gasteiger partial charge is 0.112 e. The van der Waals surface area contributed by atoms with Gasteiger partial charge in [0.05, 0.1) is 0 Å². The summed E-state index contributed by atoms with van der Waals surface area (Å²) in [7, 11) is -3.60. The molecule has 0 aromatic heterocycles. The van der Waals surface area contributed by atoms with E-state index in [2.05, 4.69) is 0 Å². The minimum atomic E-state index is -3.60. The highest BCUT2D eigenvalue weighted by Gasteiger charge is 1.49. The quantitative estimate of drug-likeness (QED) is 0.383. The summed E-state index contributed by atoms with van der Waals surface area (Å²) in [6.45, 7) is 0. The lowest BCUT2D eigenvalue weighted by atomic mass is 11.9. The highest BCUT2D eigenvalue weighted by Crippen LogP contribution is 1.47. The Balaban J connectivity index is 4.16. The zero-order chi connectivity index (χ0) is 5.45. The number of rotatable bonds is 0. The molecule has 0 unspecified atom stereocenters. The second-order valence-corrected chi connectivity index (χ2v) is 2.22. The van der Waals surface area contributed by atoms with E-state index >= 15 is 0 Å². The standard InChI is InChI=1S/C2H8OS/c1-4(2)3/h4H2,1-2H3/i4D2. The van der Waals surface area contributed by atoms with E-state index in [9.17, 15) is 4.21 Å². The minimum Gasteiger partial charge on any atom is -0.288 e. The molecule has 2 heteroatoms. The Kier molecular flexibility index (Phi) is 0.570. The lowest BCUT2D eigenvalue weighted by molar-refractivity contribution is 0.690. The normalized spacial score (nSPS) is 29.0. The average molecular weight is 82.2 g/mol. The molecule has 1 nitrogen and oxygen atoms in total. The van der Waals surface area contributed by atoms with Gasteiger partial charge in [-0.05, 0) is 12.5 Å². The third-order valence-corrected chi connectivity index (χ3v) is 0. The van der Waals surface area contributed by atoms with Crippen LogP contribution in [0.1, 0.15) is 0 Å². The first kappa shape index (κ1) is 1.55. The lowest BCUT2D eigenvalue weighted by Gasteiger charge is -1.68. The van der Waals surface area contributed by atoms with Gasteiger partial charge in [-0.1, -0.05) is 0 Å². The predicted octanol–water partition coefficient (Wildman–Crippen LogP) is -0.541. The van der Waals surface area contributed by atoms with Gasteiger partial charge in [-0.2, -0.15) is 0 Å². The molecule has 0 bridgehead atoms. The van der Waals surface area contributed by atoms with E-state index < -0.39 is 10.6 Å². The first-order valence-corrected chi connectivity index (χ1v) is 2.95. The molecule has 0 aliphatic carbocycles. The molecule has 0 spiro atoms. The summed E-state index contributed by atoms with van der Waals surface area (Å²) >= 11 is 0. The molecule has 0 aromatic rings. The maximum Gasteiger partial charge on any atom is 0.112 e. The molecule has 0 aliphatic heterocycles. The van der Waals surface area contributed by atoms with Crippen LogP contribution in [0.3, 0.4) is 0 Å². The molecule has 0 atom stereocenters. The van der Waals surface area contributed by atoms with Crippen molar-refractivity contribution in [2.24, 2.45) is 0 Å². The highest BCUT2D eigenvalue weighted by molar-refractivity contribution is 7.83. The van der Waals surface area contributed by atoms with Gasteiger partial charge in [0.15, 0.2) is 0 Å². The van der Waals surface area contributed by atoms with Crippen molar-refractivity contribution in [3.8, 4) is 0 Å². The molecule has 0 saturated heterocycles. The van der Waals surface area contributed by atoms with Gasteiger partial charge in [-0.25, -0.2) is 0 Å². The molecular weight excluding hydrogens is 72.1 g/mol. The van der Waals surface area contributed by atoms with Crippen molar-refractivity contribution in [1.82, 2.24) is 0 Å². The van der Waals surface area contributed by atoms with Crippen molar-refractivity contribution < 1.29 is 4.21 Å². The Labute approximate surface area is 30.7 Å². The molecule has 28 valence electrons. The van der Waals surface area contributed by atoms with Crippen LogP contribution >= 0.6 is 0 Å². The van der Waals surface area contributed by atoms with Gasteiger partial charge in [0.2, 0.25) is 0 Å². The summed E-state index contributed by atoms with van der Waals surface area (Å²) in [6, 6.07) is 0. The van der Waals surface area contributed by atoms with Crippen molar-refractivity contribution >= 4 is 10.6 Å². The highest BCUT2D eigenvalue weighted by atomic mass is 32.2. The first-order chi connectivity index (χ1) is 2.24. The van der Waals surface area contributed by atoms with E-state index in [4.69, 9.17) is 2.25 Å². The van der Waals surface area contributed by atoms with Crippen LogP contribution in [0.15, 0.2) is 0 Å². The molecule has 0 saturated carbocycles. The summed E-state index contributed by atoms with van der Waals surface area (Å²) in [6.07, 6.45) is 2.19. The molecule has 0 amide bonds. The van der Waals surface area contributed by atoms with Crippen LogP contribution in [-0.4, -0.2) is 19.0 Å². The summed E-state index contributed by atoms with van der Waals surface area (Å²) in [5, 5.41) is 0. The second kappa shape index (κ2) is 1.47. The van der Waals surface area contributed by atoms with Gasteiger partial charge < -0.3 is 0 Å². The molecule has 0 heterocycles. The average Bonchev–Trinajstić information content (AvgIpc) is 0.650. The largest absolute Gasteiger partial charge is 0.288 e. The second-order valence-electron chi connectivity index (χ2n) is 0.742. The van der Waals surface area contributed by atoms with E-state index in [1.807, 2.05) is 0 Å². The topological polar surface area (TPSA) is 17.1 Å². The maximum atomic E-state index is 10.1. The predicted molar refractivity (Wildman–Crippen MR) is 22.8 cm³/mol. The zero-order valence-corrected chi connectivity index (χ0v) is 3.63. The van der Waals surface area contributed by atoms with Crippen LogP contribution in [-0.2, 0) is 10.6 Å². The Hall–Kier alpha value is 0.150. The fourth-order valence-electron chi connectivity index (χ4n) is 0. The van der Waals surface area contributed by atoms with Crippen molar-refractivity contribution in [2.45, 2.75) is 0 Å². The summed E-state index contributed by atoms with van der Waals surface area (Å²) in [5.41, 5.74) is 0. The van der Waals surface area contributed by atoms with E-state index in [0.29, 0.717) is 0 Å². The summed E-state index contributed by atoms with van der Waals surface area (Å²) in [5.74, 6) is 0. The molecule has 4 heavy (non-hydrogen) atoms. The monoisotopic (exact) mass is 82.0 g/mol. The summed E-state index contributed by atoms with van der Waals surface area (Å²) in [4.78, 5) is 0.